The second-order valence-electron chi connectivity index (χ2n) is 5.76. The maximum Gasteiger partial charge on any atom is 0.416 e. The number of sulfonamides is 1. The number of aromatic nitrogens is 1. The summed E-state index contributed by atoms with van der Waals surface area (Å²) in [6, 6.07) is 15.7. The number of hydrogen-bond acceptors (Lipinski definition) is 4. The predicted molar refractivity (Wildman–Crippen MR) is 97.3 cm³/mol. The fourth-order valence-electron chi connectivity index (χ4n) is 2.34. The highest BCUT2D eigenvalue weighted by atomic mass is 32.2. The summed E-state index contributed by atoms with van der Waals surface area (Å²) < 4.78 is 71.5. The zero-order chi connectivity index (χ0) is 20.2. The molecule has 5 nitrogen and oxygen atoms in total. The van der Waals surface area contributed by atoms with Gasteiger partial charge in [0.15, 0.2) is 11.6 Å². The van der Waals surface area contributed by atoms with Gasteiger partial charge in [-0.2, -0.15) is 13.2 Å². The number of pyridine rings is 1. The summed E-state index contributed by atoms with van der Waals surface area (Å²) in [7, 11) is -4.29. The number of alkyl halides is 3. The molecule has 1 heterocycles. The monoisotopic (exact) mass is 408 g/mol. The summed E-state index contributed by atoms with van der Waals surface area (Å²) in [5.41, 5.74) is -0.199. The van der Waals surface area contributed by atoms with E-state index in [0.29, 0.717) is 6.07 Å². The zero-order valence-electron chi connectivity index (χ0n) is 14.3. The molecule has 0 aliphatic rings. The van der Waals surface area contributed by atoms with E-state index in [2.05, 4.69) is 9.71 Å². The van der Waals surface area contributed by atoms with Crippen LogP contribution in [0.4, 0.5) is 19.0 Å². The van der Waals surface area contributed by atoms with Crippen molar-refractivity contribution in [2.24, 2.45) is 0 Å². The maximum absolute atomic E-state index is 12.9. The van der Waals surface area contributed by atoms with Crippen molar-refractivity contribution in [1.29, 1.82) is 0 Å². The first kappa shape index (κ1) is 19.7. The molecule has 2 aromatic carbocycles. The zero-order valence-corrected chi connectivity index (χ0v) is 15.2. The average Bonchev–Trinajstić information content (AvgIpc) is 2.67. The van der Waals surface area contributed by atoms with Crippen LogP contribution >= 0.6 is 0 Å². The number of halogens is 3. The number of rotatable bonds is 6. The van der Waals surface area contributed by atoms with Crippen LogP contribution < -0.4 is 9.46 Å². The molecule has 0 fully saturated rings. The fourth-order valence-corrected chi connectivity index (χ4v) is 3.41. The molecule has 0 atom stereocenters. The molecule has 146 valence electrons. The van der Waals surface area contributed by atoms with E-state index < -0.39 is 26.7 Å². The Morgan fingerprint density at radius 2 is 1.71 bits per heavy atom. The van der Waals surface area contributed by atoms with Gasteiger partial charge >= 0.3 is 6.18 Å². The first-order valence-corrected chi connectivity index (χ1v) is 9.56. The molecule has 1 N–H and O–H groups in total. The third kappa shape index (κ3) is 4.80. The van der Waals surface area contributed by atoms with Crippen molar-refractivity contribution in [3.05, 3.63) is 84.1 Å². The fraction of sp³-hybridized carbons (Fsp3) is 0.105. The van der Waals surface area contributed by atoms with E-state index in [1.54, 1.807) is 6.07 Å². The summed E-state index contributed by atoms with van der Waals surface area (Å²) in [6.45, 7) is 0.171. The van der Waals surface area contributed by atoms with Crippen LogP contribution in [0.2, 0.25) is 0 Å². The van der Waals surface area contributed by atoms with Crippen molar-refractivity contribution in [2.75, 3.05) is 4.72 Å². The molecule has 0 saturated carbocycles. The summed E-state index contributed by atoms with van der Waals surface area (Å²) >= 11 is 0. The van der Waals surface area contributed by atoms with Crippen LogP contribution in [0.15, 0.2) is 77.8 Å². The number of benzene rings is 2. The minimum absolute atomic E-state index is 0.115. The van der Waals surface area contributed by atoms with Crippen molar-refractivity contribution in [3.63, 3.8) is 0 Å². The van der Waals surface area contributed by atoms with Crippen molar-refractivity contribution in [1.82, 2.24) is 4.98 Å². The van der Waals surface area contributed by atoms with Gasteiger partial charge in [0.05, 0.1) is 10.5 Å². The van der Waals surface area contributed by atoms with E-state index in [9.17, 15) is 21.6 Å². The minimum atomic E-state index is -4.65. The van der Waals surface area contributed by atoms with E-state index in [4.69, 9.17) is 4.74 Å². The lowest BCUT2D eigenvalue weighted by Gasteiger charge is -2.13. The first-order valence-electron chi connectivity index (χ1n) is 8.07. The first-order chi connectivity index (χ1) is 13.3. The van der Waals surface area contributed by atoms with Gasteiger partial charge in [-0.15, -0.1) is 0 Å². The van der Waals surface area contributed by atoms with Gasteiger partial charge in [0.2, 0.25) is 0 Å². The van der Waals surface area contributed by atoms with Gasteiger partial charge in [0.1, 0.15) is 6.61 Å². The Morgan fingerprint density at radius 3 is 2.43 bits per heavy atom. The highest BCUT2D eigenvalue weighted by Crippen LogP contribution is 2.31. The van der Waals surface area contributed by atoms with Crippen molar-refractivity contribution < 1.29 is 26.3 Å². The van der Waals surface area contributed by atoms with Crippen molar-refractivity contribution in [3.8, 4) is 5.75 Å². The summed E-state index contributed by atoms with van der Waals surface area (Å²) in [5, 5.41) is 0. The Kier molecular flexibility index (Phi) is 5.55. The third-order valence-corrected chi connectivity index (χ3v) is 5.05. The van der Waals surface area contributed by atoms with Gasteiger partial charge in [-0.25, -0.2) is 13.4 Å². The standard InChI is InChI=1S/C19H15F3N2O3S/c20-19(21,22)15-8-4-9-16(12-15)28(25,26)24-18-17(10-5-11-23-18)27-13-14-6-2-1-3-7-14/h1-12H,13H2,(H,23,24). The Bertz CT molecular complexity index is 1060. The molecule has 28 heavy (non-hydrogen) atoms. The van der Waals surface area contributed by atoms with E-state index in [1.807, 2.05) is 30.3 Å². The highest BCUT2D eigenvalue weighted by molar-refractivity contribution is 7.92. The maximum atomic E-state index is 12.9. The molecular formula is C19H15F3N2O3S. The lowest BCUT2D eigenvalue weighted by molar-refractivity contribution is -0.137. The molecular weight excluding hydrogens is 393 g/mol. The molecule has 9 heteroatoms. The van der Waals surface area contributed by atoms with E-state index in [0.717, 1.165) is 23.8 Å². The number of anilines is 1. The molecule has 0 saturated heterocycles. The molecule has 0 radical (unpaired) electrons. The normalized spacial score (nSPS) is 11.8. The van der Waals surface area contributed by atoms with Crippen LogP contribution in [0.3, 0.4) is 0 Å². The number of ether oxygens (including phenoxy) is 1. The summed E-state index contributed by atoms with van der Waals surface area (Å²) in [5.74, 6) is 0.0396. The van der Waals surface area contributed by atoms with Gasteiger partial charge in [0.25, 0.3) is 10.0 Å². The third-order valence-electron chi connectivity index (χ3n) is 3.71. The van der Waals surface area contributed by atoms with E-state index >= 15 is 0 Å². The van der Waals surface area contributed by atoms with Crippen LogP contribution in [-0.2, 0) is 22.8 Å². The quantitative estimate of drug-likeness (QED) is 0.653. The largest absolute Gasteiger partial charge is 0.485 e. The van der Waals surface area contributed by atoms with Crippen LogP contribution in [0.1, 0.15) is 11.1 Å². The average molecular weight is 408 g/mol. The number of hydrogen-bond donors (Lipinski definition) is 1. The van der Waals surface area contributed by atoms with Crippen LogP contribution in [0.5, 0.6) is 5.75 Å². The SMILES string of the molecule is O=S(=O)(Nc1ncccc1OCc1ccccc1)c1cccc(C(F)(F)F)c1. The minimum Gasteiger partial charge on any atom is -0.485 e. The van der Waals surface area contributed by atoms with E-state index in [-0.39, 0.29) is 18.2 Å². The Labute approximate surface area is 159 Å². The Hall–Kier alpha value is -3.07. The van der Waals surface area contributed by atoms with Crippen LogP contribution in [-0.4, -0.2) is 13.4 Å². The number of nitrogens with zero attached hydrogens (tertiary/aromatic N) is 1. The van der Waals surface area contributed by atoms with Crippen LogP contribution in [0.25, 0.3) is 0 Å². The van der Waals surface area contributed by atoms with Gasteiger partial charge in [0, 0.05) is 6.20 Å². The van der Waals surface area contributed by atoms with E-state index in [1.165, 1.54) is 12.3 Å². The number of nitrogens with one attached hydrogen (secondary N) is 1. The smallest absolute Gasteiger partial charge is 0.416 e. The Balaban J connectivity index is 1.83. The molecule has 3 aromatic rings. The van der Waals surface area contributed by atoms with Gasteiger partial charge < -0.3 is 4.74 Å². The summed E-state index contributed by atoms with van der Waals surface area (Å²) in [4.78, 5) is 3.41. The van der Waals surface area contributed by atoms with Gasteiger partial charge in [-0.1, -0.05) is 36.4 Å². The molecule has 3 rings (SSSR count). The molecule has 0 bridgehead atoms. The molecule has 0 amide bonds. The highest BCUT2D eigenvalue weighted by Gasteiger charge is 2.31. The van der Waals surface area contributed by atoms with Gasteiger partial charge in [-0.3, -0.25) is 4.72 Å². The molecule has 1 aromatic heterocycles. The topological polar surface area (TPSA) is 68.3 Å². The lowest BCUT2D eigenvalue weighted by Crippen LogP contribution is -2.16. The molecule has 0 aliphatic heterocycles. The van der Waals surface area contributed by atoms with Gasteiger partial charge in [-0.05, 0) is 35.9 Å². The molecule has 0 aliphatic carbocycles. The Morgan fingerprint density at radius 1 is 0.964 bits per heavy atom. The summed E-state index contributed by atoms with van der Waals surface area (Å²) in [6.07, 6.45) is -3.31. The lowest BCUT2D eigenvalue weighted by atomic mass is 10.2. The van der Waals surface area contributed by atoms with Crippen molar-refractivity contribution >= 4 is 15.8 Å². The van der Waals surface area contributed by atoms with Crippen LogP contribution in [0, 0.1) is 0 Å². The molecule has 0 unspecified atom stereocenters. The van der Waals surface area contributed by atoms with Crippen molar-refractivity contribution in [2.45, 2.75) is 17.7 Å². The second-order valence-corrected chi connectivity index (χ2v) is 7.44. The predicted octanol–water partition coefficient (Wildman–Crippen LogP) is 4.48. The second kappa shape index (κ2) is 7.89. The molecule has 0 spiro atoms.